The van der Waals surface area contributed by atoms with Crippen molar-refractivity contribution < 1.29 is 34.3 Å². The number of carboxylic acid groups (broad SMARTS) is 3. The summed E-state index contributed by atoms with van der Waals surface area (Å²) in [6, 6.07) is 6.27. The molecular formula is C24H37O7P. The lowest BCUT2D eigenvalue weighted by molar-refractivity contribution is -0.139. The Kier molecular flexibility index (Phi) is 11.7. The van der Waals surface area contributed by atoms with Crippen molar-refractivity contribution in [3.8, 4) is 0 Å². The van der Waals surface area contributed by atoms with Gasteiger partial charge in [-0.05, 0) is 24.8 Å². The van der Waals surface area contributed by atoms with Gasteiger partial charge in [-0.2, -0.15) is 0 Å². The second kappa shape index (κ2) is 13.4. The maximum atomic E-state index is 14.8. The number of benzene rings is 1. The molecule has 0 aliphatic rings. The Hall–Kier alpha value is -2.14. The zero-order valence-corrected chi connectivity index (χ0v) is 20.2. The van der Waals surface area contributed by atoms with Gasteiger partial charge in [-0.15, -0.1) is 0 Å². The summed E-state index contributed by atoms with van der Waals surface area (Å²) in [4.78, 5) is 36.8. The molecule has 0 radical (unpaired) electrons. The van der Waals surface area contributed by atoms with Gasteiger partial charge in [0, 0.05) is 5.30 Å². The van der Waals surface area contributed by atoms with Crippen LogP contribution in [-0.4, -0.2) is 44.5 Å². The first-order valence-electron chi connectivity index (χ1n) is 11.5. The van der Waals surface area contributed by atoms with Gasteiger partial charge in [-0.25, -0.2) is 0 Å². The van der Waals surface area contributed by atoms with Crippen molar-refractivity contribution >= 4 is 30.4 Å². The average Bonchev–Trinajstić information content (AvgIpc) is 2.74. The van der Waals surface area contributed by atoms with Gasteiger partial charge in [0.05, 0.1) is 5.92 Å². The lowest BCUT2D eigenvalue weighted by Gasteiger charge is -2.33. The van der Waals surface area contributed by atoms with Gasteiger partial charge >= 0.3 is 17.9 Å². The Morgan fingerprint density at radius 3 is 1.59 bits per heavy atom. The number of carboxylic acids is 3. The molecule has 8 heteroatoms. The first-order chi connectivity index (χ1) is 15.2. The highest BCUT2D eigenvalue weighted by atomic mass is 31.2. The molecule has 3 atom stereocenters. The van der Waals surface area contributed by atoms with Gasteiger partial charge < -0.3 is 19.9 Å². The van der Waals surface area contributed by atoms with Gasteiger partial charge in [-0.3, -0.25) is 14.4 Å². The molecule has 1 aromatic rings. The third-order valence-electron chi connectivity index (χ3n) is 5.99. The Bertz CT molecular complexity index is 790. The zero-order valence-electron chi connectivity index (χ0n) is 19.3. The van der Waals surface area contributed by atoms with Crippen molar-refractivity contribution in [2.45, 2.75) is 95.8 Å². The summed E-state index contributed by atoms with van der Waals surface area (Å²) in [6.45, 7) is 5.70. The van der Waals surface area contributed by atoms with Crippen LogP contribution in [0.3, 0.4) is 0 Å². The molecule has 0 aromatic heterocycles. The minimum Gasteiger partial charge on any atom is -0.481 e. The summed E-state index contributed by atoms with van der Waals surface area (Å²) in [7, 11) is -4.09. The number of unbranched alkanes of at least 4 members (excludes halogenated alkanes) is 3. The van der Waals surface area contributed by atoms with Crippen LogP contribution in [0.2, 0.25) is 0 Å². The third-order valence-corrected chi connectivity index (χ3v) is 9.96. The van der Waals surface area contributed by atoms with Crippen LogP contribution in [0.15, 0.2) is 24.3 Å². The zero-order chi connectivity index (χ0) is 24.3. The van der Waals surface area contributed by atoms with E-state index in [1.165, 1.54) is 6.07 Å². The monoisotopic (exact) mass is 468 g/mol. The van der Waals surface area contributed by atoms with Crippen molar-refractivity contribution in [2.75, 3.05) is 0 Å². The predicted octanol–water partition coefficient (Wildman–Crippen LogP) is 5.32. The number of carbonyl (C=O) groups is 3. The molecule has 7 nitrogen and oxygen atoms in total. The van der Waals surface area contributed by atoms with E-state index in [2.05, 4.69) is 0 Å². The molecule has 0 aliphatic heterocycles. The van der Waals surface area contributed by atoms with E-state index < -0.39 is 42.3 Å². The van der Waals surface area contributed by atoms with E-state index in [1.807, 2.05) is 20.8 Å². The van der Waals surface area contributed by atoms with Gasteiger partial charge in [0.1, 0.15) is 18.5 Å². The number of aliphatic carboxylic acids is 3. The summed E-state index contributed by atoms with van der Waals surface area (Å²) >= 11 is 0. The molecule has 0 bridgehead atoms. The molecule has 0 aliphatic carbocycles. The SMILES string of the molecule is CCCCC(C(=O)O)c1ccccc1P(=O)(C(CCCC)C(=O)O)C(CCCC)C(=O)O. The highest BCUT2D eigenvalue weighted by Crippen LogP contribution is 2.58. The van der Waals surface area contributed by atoms with Gasteiger partial charge in [0.15, 0.2) is 0 Å². The summed E-state index contributed by atoms with van der Waals surface area (Å²) in [5.41, 5.74) is -2.47. The maximum absolute atomic E-state index is 14.8. The highest BCUT2D eigenvalue weighted by Gasteiger charge is 2.50. The predicted molar refractivity (Wildman–Crippen MR) is 125 cm³/mol. The van der Waals surface area contributed by atoms with E-state index in [-0.39, 0.29) is 23.7 Å². The molecule has 0 amide bonds. The average molecular weight is 469 g/mol. The fourth-order valence-corrected chi connectivity index (χ4v) is 8.07. The van der Waals surface area contributed by atoms with Crippen molar-refractivity contribution in [2.24, 2.45) is 0 Å². The highest BCUT2D eigenvalue weighted by molar-refractivity contribution is 7.74. The van der Waals surface area contributed by atoms with Crippen LogP contribution in [0, 0.1) is 0 Å². The second-order valence-electron chi connectivity index (χ2n) is 8.29. The van der Waals surface area contributed by atoms with Crippen LogP contribution in [0.4, 0.5) is 0 Å². The molecule has 0 fully saturated rings. The topological polar surface area (TPSA) is 129 Å². The summed E-state index contributed by atoms with van der Waals surface area (Å²) < 4.78 is 14.8. The van der Waals surface area contributed by atoms with E-state index in [1.54, 1.807) is 18.2 Å². The van der Waals surface area contributed by atoms with Crippen molar-refractivity contribution in [1.82, 2.24) is 0 Å². The van der Waals surface area contributed by atoms with Crippen LogP contribution < -0.4 is 5.30 Å². The van der Waals surface area contributed by atoms with Crippen molar-refractivity contribution in [3.05, 3.63) is 29.8 Å². The van der Waals surface area contributed by atoms with Crippen LogP contribution in [0.5, 0.6) is 0 Å². The maximum Gasteiger partial charge on any atom is 0.314 e. The van der Waals surface area contributed by atoms with Crippen LogP contribution in [0.1, 0.15) is 90.0 Å². The standard InChI is InChI=1S/C24H37O7P/c1-4-7-12-18(22(25)26)17-13-10-11-16-19(17)32(31,20(23(27)28)14-8-5-2)21(24(29)30)15-9-6-3/h10-11,13,16,18,20-21H,4-9,12,14-15H2,1-3H3,(H,25,26)(H,27,28)(H,29,30). The molecule has 3 unspecified atom stereocenters. The Morgan fingerprint density at radius 1 is 0.750 bits per heavy atom. The number of hydrogen-bond donors (Lipinski definition) is 3. The van der Waals surface area contributed by atoms with E-state index in [4.69, 9.17) is 0 Å². The fraction of sp³-hybridized carbons (Fsp3) is 0.625. The molecule has 0 saturated carbocycles. The van der Waals surface area contributed by atoms with Crippen LogP contribution in [0.25, 0.3) is 0 Å². The quantitative estimate of drug-likeness (QED) is 0.280. The van der Waals surface area contributed by atoms with E-state index in [0.29, 0.717) is 38.5 Å². The molecule has 180 valence electrons. The van der Waals surface area contributed by atoms with Crippen molar-refractivity contribution in [1.29, 1.82) is 0 Å². The van der Waals surface area contributed by atoms with E-state index in [9.17, 15) is 34.3 Å². The Balaban J connectivity index is 3.85. The lowest BCUT2D eigenvalue weighted by atomic mass is 9.94. The van der Waals surface area contributed by atoms with Gasteiger partial charge in [-0.1, -0.05) is 83.6 Å². The molecular weight excluding hydrogens is 431 g/mol. The van der Waals surface area contributed by atoms with Crippen LogP contribution in [-0.2, 0) is 18.9 Å². The normalized spacial score (nSPS) is 16.0. The van der Waals surface area contributed by atoms with E-state index in [0.717, 1.165) is 6.42 Å². The molecule has 1 aromatic carbocycles. The Morgan fingerprint density at radius 2 is 1.19 bits per heavy atom. The van der Waals surface area contributed by atoms with Gasteiger partial charge in [0.25, 0.3) is 0 Å². The third kappa shape index (κ3) is 6.68. The minimum absolute atomic E-state index is 0.0834. The summed E-state index contributed by atoms with van der Waals surface area (Å²) in [5.74, 6) is -4.64. The number of hydrogen-bond acceptors (Lipinski definition) is 4. The molecule has 0 saturated heterocycles. The summed E-state index contributed by atoms with van der Waals surface area (Å²) in [6.07, 6.45) is 4.20. The molecule has 0 spiro atoms. The largest absolute Gasteiger partial charge is 0.481 e. The fourth-order valence-electron chi connectivity index (χ4n) is 4.23. The first kappa shape index (κ1) is 27.9. The molecule has 3 N–H and O–H groups in total. The summed E-state index contributed by atoms with van der Waals surface area (Å²) in [5, 5.41) is 30.1. The first-order valence-corrected chi connectivity index (χ1v) is 13.4. The molecule has 0 heterocycles. The Labute approximate surface area is 190 Å². The molecule has 1 rings (SSSR count). The van der Waals surface area contributed by atoms with Gasteiger partial charge in [0.2, 0.25) is 0 Å². The van der Waals surface area contributed by atoms with E-state index >= 15 is 0 Å². The second-order valence-corrected chi connectivity index (χ2v) is 11.4. The number of rotatable bonds is 16. The minimum atomic E-state index is -4.09. The molecule has 32 heavy (non-hydrogen) atoms. The van der Waals surface area contributed by atoms with Crippen LogP contribution >= 0.6 is 7.14 Å². The smallest absolute Gasteiger partial charge is 0.314 e. The van der Waals surface area contributed by atoms with Crippen molar-refractivity contribution in [3.63, 3.8) is 0 Å². The lowest BCUT2D eigenvalue weighted by Crippen LogP contribution is -2.38.